The third-order valence-corrected chi connectivity index (χ3v) is 8.07. The summed E-state index contributed by atoms with van der Waals surface area (Å²) >= 11 is 6.39. The summed E-state index contributed by atoms with van der Waals surface area (Å²) in [6, 6.07) is 9.16. The van der Waals surface area contributed by atoms with E-state index in [4.69, 9.17) is 21.3 Å². The summed E-state index contributed by atoms with van der Waals surface area (Å²) in [6.07, 6.45) is 3.26. The van der Waals surface area contributed by atoms with Crippen molar-refractivity contribution in [2.45, 2.75) is 59.0 Å². The number of carbonyl (C=O) groups excluding carboxylic acids is 2. The van der Waals surface area contributed by atoms with Gasteiger partial charge in [0.25, 0.3) is 11.8 Å². The number of rotatable bonds is 5. The zero-order chi connectivity index (χ0) is 29.4. The lowest BCUT2D eigenvalue weighted by molar-refractivity contribution is -0.119. The number of nitrogens with zero attached hydrogens (tertiary/aromatic N) is 5. The molecule has 41 heavy (non-hydrogen) atoms. The van der Waals surface area contributed by atoms with Gasteiger partial charge >= 0.3 is 0 Å². The quantitative estimate of drug-likeness (QED) is 0.307. The monoisotopic (exact) mass is 570 g/mol. The zero-order valence-corrected chi connectivity index (χ0v) is 24.8. The molecule has 4 aromatic rings. The Kier molecular flexibility index (Phi) is 6.19. The largest absolute Gasteiger partial charge is 0.496 e. The van der Waals surface area contributed by atoms with Crippen LogP contribution in [0.25, 0.3) is 11.4 Å². The van der Waals surface area contributed by atoms with Gasteiger partial charge in [-0.25, -0.2) is 4.98 Å². The van der Waals surface area contributed by atoms with E-state index < -0.39 is 11.4 Å². The number of aromatic nitrogens is 4. The molecule has 1 atom stereocenters. The Labute approximate surface area is 243 Å². The molecule has 1 aromatic carbocycles. The van der Waals surface area contributed by atoms with Crippen molar-refractivity contribution in [2.24, 2.45) is 0 Å². The summed E-state index contributed by atoms with van der Waals surface area (Å²) in [7, 11) is 1.60. The molecule has 3 aromatic heterocycles. The zero-order valence-electron chi connectivity index (χ0n) is 24.0. The molecule has 9 nitrogen and oxygen atoms in total. The van der Waals surface area contributed by atoms with Crippen molar-refractivity contribution in [1.29, 1.82) is 0 Å². The maximum Gasteiger partial charge on any atom is 0.280 e. The van der Waals surface area contributed by atoms with Crippen LogP contribution in [0, 0.1) is 13.8 Å². The Balaban J connectivity index is 1.72. The van der Waals surface area contributed by atoms with E-state index in [9.17, 15) is 9.59 Å². The first-order valence-electron chi connectivity index (χ1n) is 13.6. The minimum atomic E-state index is -1.54. The van der Waals surface area contributed by atoms with Crippen molar-refractivity contribution < 1.29 is 14.3 Å². The SMILES string of the molecule is COc1cc(C(C)C)ncc1-c1nc2c(n1C(C)C)C1(C(=O)Nc3cc(C)ccc31)N(c1cc(Cl)cnc1C)C2=O. The molecule has 0 fully saturated rings. The predicted octanol–water partition coefficient (Wildman–Crippen LogP) is 6.18. The van der Waals surface area contributed by atoms with Crippen molar-refractivity contribution in [3.63, 3.8) is 0 Å². The first kappa shape index (κ1) is 27.0. The average Bonchev–Trinajstić information content (AvgIpc) is 3.53. The van der Waals surface area contributed by atoms with Gasteiger partial charge in [-0.05, 0) is 51.3 Å². The van der Waals surface area contributed by atoms with Gasteiger partial charge in [0.2, 0.25) is 0 Å². The Bertz CT molecular complexity index is 1760. The first-order valence-corrected chi connectivity index (χ1v) is 13.9. The number of benzene rings is 1. The van der Waals surface area contributed by atoms with E-state index in [1.807, 2.05) is 49.6 Å². The third-order valence-electron chi connectivity index (χ3n) is 7.86. The second kappa shape index (κ2) is 9.41. The van der Waals surface area contributed by atoms with E-state index in [2.05, 4.69) is 29.1 Å². The number of aryl methyl sites for hydroxylation is 2. The summed E-state index contributed by atoms with van der Waals surface area (Å²) in [5.41, 5.74) is 3.94. The van der Waals surface area contributed by atoms with Crippen molar-refractivity contribution in [3.8, 4) is 17.1 Å². The summed E-state index contributed by atoms with van der Waals surface area (Å²) in [5, 5.41) is 3.42. The number of pyridine rings is 2. The molecule has 6 rings (SSSR count). The van der Waals surface area contributed by atoms with E-state index in [0.29, 0.717) is 50.5 Å². The molecule has 0 bridgehead atoms. The molecule has 0 radical (unpaired) electrons. The van der Waals surface area contributed by atoms with Gasteiger partial charge in [-0.15, -0.1) is 0 Å². The van der Waals surface area contributed by atoms with Gasteiger partial charge in [-0.3, -0.25) is 24.5 Å². The van der Waals surface area contributed by atoms with Gasteiger partial charge in [0, 0.05) is 41.4 Å². The molecule has 2 aliphatic heterocycles. The van der Waals surface area contributed by atoms with Crippen molar-refractivity contribution in [2.75, 3.05) is 17.3 Å². The van der Waals surface area contributed by atoms with Crippen LogP contribution < -0.4 is 15.0 Å². The molecule has 0 aliphatic carbocycles. The predicted molar refractivity (Wildman–Crippen MR) is 158 cm³/mol. The number of fused-ring (bicyclic) bond motifs is 4. The van der Waals surface area contributed by atoms with E-state index in [1.54, 1.807) is 26.3 Å². The number of amides is 2. The third kappa shape index (κ3) is 3.71. The number of nitrogens with one attached hydrogen (secondary N) is 1. The molecular formula is C31H31ClN6O3. The van der Waals surface area contributed by atoms with Crippen LogP contribution in [0.15, 0.2) is 42.7 Å². The van der Waals surface area contributed by atoms with Gasteiger partial charge in [0.05, 0.1) is 34.8 Å². The first-order chi connectivity index (χ1) is 19.5. The van der Waals surface area contributed by atoms with Gasteiger partial charge < -0.3 is 14.6 Å². The standard InChI is InChI=1S/C31H31ClN6O3/c1-15(2)22-12-25(41-7)20(14-34-22)28-36-26-27(37(28)16(3)4)31(21-9-8-17(5)10-23(21)35-30(31)40)38(29(26)39)24-11-19(32)13-33-18(24)6/h8-16H,1-7H3,(H,35,40). The number of hydrogen-bond donors (Lipinski definition) is 1. The van der Waals surface area contributed by atoms with Crippen LogP contribution in [0.1, 0.15) is 78.4 Å². The van der Waals surface area contributed by atoms with Crippen LogP contribution in [0.3, 0.4) is 0 Å². The topological polar surface area (TPSA) is 102 Å². The molecule has 0 saturated heterocycles. The van der Waals surface area contributed by atoms with Crippen LogP contribution >= 0.6 is 11.6 Å². The van der Waals surface area contributed by atoms with E-state index in [-0.39, 0.29) is 23.6 Å². The number of hydrogen-bond acceptors (Lipinski definition) is 6. The smallest absolute Gasteiger partial charge is 0.280 e. The normalized spacial score (nSPS) is 17.6. The van der Waals surface area contributed by atoms with Crippen LogP contribution in [0.2, 0.25) is 5.02 Å². The van der Waals surface area contributed by atoms with E-state index >= 15 is 0 Å². The summed E-state index contributed by atoms with van der Waals surface area (Å²) in [6.45, 7) is 11.9. The minimum Gasteiger partial charge on any atom is -0.496 e. The fraction of sp³-hybridized carbons (Fsp3) is 0.323. The fourth-order valence-corrected chi connectivity index (χ4v) is 6.12. The van der Waals surface area contributed by atoms with Gasteiger partial charge in [0.15, 0.2) is 11.2 Å². The Morgan fingerprint density at radius 1 is 1.02 bits per heavy atom. The molecule has 5 heterocycles. The molecule has 2 aliphatic rings. The molecule has 0 saturated carbocycles. The number of halogens is 1. The number of carbonyl (C=O) groups is 2. The van der Waals surface area contributed by atoms with Crippen molar-refractivity contribution in [1.82, 2.24) is 19.5 Å². The highest BCUT2D eigenvalue weighted by atomic mass is 35.5. The number of methoxy groups -OCH3 is 1. The maximum absolute atomic E-state index is 14.5. The van der Waals surface area contributed by atoms with Gasteiger partial charge in [-0.2, -0.15) is 0 Å². The fourth-order valence-electron chi connectivity index (χ4n) is 5.97. The Hall–Kier alpha value is -4.24. The Morgan fingerprint density at radius 2 is 1.78 bits per heavy atom. The maximum atomic E-state index is 14.5. The van der Waals surface area contributed by atoms with E-state index in [0.717, 1.165) is 11.3 Å². The van der Waals surface area contributed by atoms with Gasteiger partial charge in [0.1, 0.15) is 11.6 Å². The minimum absolute atomic E-state index is 0.179. The van der Waals surface area contributed by atoms with Crippen LogP contribution in [-0.4, -0.2) is 38.4 Å². The lowest BCUT2D eigenvalue weighted by Crippen LogP contribution is -2.51. The van der Waals surface area contributed by atoms with Crippen LogP contribution in [-0.2, 0) is 10.3 Å². The Morgan fingerprint density at radius 3 is 2.46 bits per heavy atom. The average molecular weight is 571 g/mol. The highest BCUT2D eigenvalue weighted by molar-refractivity contribution is 6.31. The highest BCUT2D eigenvalue weighted by Crippen LogP contribution is 2.55. The van der Waals surface area contributed by atoms with Crippen LogP contribution in [0.4, 0.5) is 11.4 Å². The molecular weight excluding hydrogens is 540 g/mol. The number of anilines is 2. The van der Waals surface area contributed by atoms with E-state index in [1.165, 1.54) is 11.1 Å². The summed E-state index contributed by atoms with van der Waals surface area (Å²) < 4.78 is 7.75. The molecule has 1 unspecified atom stereocenters. The summed E-state index contributed by atoms with van der Waals surface area (Å²) in [4.78, 5) is 44.4. The number of imidazole rings is 1. The van der Waals surface area contributed by atoms with Crippen molar-refractivity contribution >= 4 is 34.8 Å². The highest BCUT2D eigenvalue weighted by Gasteiger charge is 2.64. The second-order valence-corrected chi connectivity index (χ2v) is 11.6. The van der Waals surface area contributed by atoms with Gasteiger partial charge in [-0.1, -0.05) is 37.6 Å². The van der Waals surface area contributed by atoms with Crippen LogP contribution in [0.5, 0.6) is 5.75 Å². The number of ether oxygens (including phenoxy) is 1. The molecule has 2 amide bonds. The van der Waals surface area contributed by atoms with Crippen molar-refractivity contribution in [3.05, 3.63) is 81.7 Å². The molecule has 10 heteroatoms. The lowest BCUT2D eigenvalue weighted by Gasteiger charge is -2.36. The molecule has 1 spiro atoms. The second-order valence-electron chi connectivity index (χ2n) is 11.2. The summed E-state index contributed by atoms with van der Waals surface area (Å²) in [5.74, 6) is 0.531. The molecule has 210 valence electrons. The lowest BCUT2D eigenvalue weighted by atomic mass is 9.86. The molecule has 1 N–H and O–H groups in total.